The lowest BCUT2D eigenvalue weighted by molar-refractivity contribution is 0.408. The van der Waals surface area contributed by atoms with Gasteiger partial charge in [-0.25, -0.2) is 4.52 Å². The molecule has 3 heterocycles. The second-order valence-corrected chi connectivity index (χ2v) is 5.46. The summed E-state index contributed by atoms with van der Waals surface area (Å²) in [6, 6.07) is 6.56. The van der Waals surface area contributed by atoms with E-state index in [2.05, 4.69) is 21.9 Å². The number of hydrogen-bond donors (Lipinski definition) is 1. The Labute approximate surface area is 113 Å². The molecule has 0 radical (unpaired) electrons. The van der Waals surface area contributed by atoms with E-state index in [0.717, 1.165) is 30.3 Å². The lowest BCUT2D eigenvalue weighted by Crippen LogP contribution is -2.49. The van der Waals surface area contributed by atoms with E-state index in [-0.39, 0.29) is 6.04 Å². The summed E-state index contributed by atoms with van der Waals surface area (Å²) in [5, 5.41) is 4.64. The number of piperidine rings is 1. The second-order valence-electron chi connectivity index (χ2n) is 5.46. The van der Waals surface area contributed by atoms with Gasteiger partial charge in [0.05, 0.1) is 0 Å². The van der Waals surface area contributed by atoms with Crippen molar-refractivity contribution < 1.29 is 0 Å². The summed E-state index contributed by atoms with van der Waals surface area (Å²) < 4.78 is 1.90. The first-order valence-electron chi connectivity index (χ1n) is 7.01. The summed E-state index contributed by atoms with van der Waals surface area (Å²) >= 11 is 0. The van der Waals surface area contributed by atoms with Crippen LogP contribution in [0.4, 0.5) is 5.95 Å². The molecule has 3 rings (SSSR count). The fourth-order valence-electron chi connectivity index (χ4n) is 2.90. The Hall–Kier alpha value is -1.62. The highest BCUT2D eigenvalue weighted by molar-refractivity contribution is 5.46. The summed E-state index contributed by atoms with van der Waals surface area (Å²) in [7, 11) is 0. The van der Waals surface area contributed by atoms with Crippen molar-refractivity contribution in [3.8, 4) is 0 Å². The second kappa shape index (κ2) is 4.81. The summed E-state index contributed by atoms with van der Waals surface area (Å²) in [4.78, 5) is 6.93. The molecule has 2 N–H and O–H groups in total. The molecule has 5 heteroatoms. The minimum absolute atomic E-state index is 0.146. The van der Waals surface area contributed by atoms with Gasteiger partial charge >= 0.3 is 0 Å². The summed E-state index contributed by atoms with van der Waals surface area (Å²) in [5.41, 5.74) is 8.12. The van der Waals surface area contributed by atoms with Crippen LogP contribution in [0.3, 0.4) is 0 Å². The molecule has 102 valence electrons. The Morgan fingerprint density at radius 1 is 1.37 bits per heavy atom. The van der Waals surface area contributed by atoms with Crippen LogP contribution in [0, 0.1) is 6.92 Å². The van der Waals surface area contributed by atoms with Crippen molar-refractivity contribution in [2.75, 3.05) is 11.4 Å². The number of pyridine rings is 1. The molecular formula is C14H21N5. The number of aromatic nitrogens is 3. The van der Waals surface area contributed by atoms with Crippen LogP contribution in [-0.4, -0.2) is 33.2 Å². The third kappa shape index (κ3) is 2.18. The maximum atomic E-state index is 6.11. The first kappa shape index (κ1) is 12.4. The fourth-order valence-corrected chi connectivity index (χ4v) is 2.90. The lowest BCUT2D eigenvalue weighted by Gasteiger charge is -2.37. The largest absolute Gasteiger partial charge is 0.335 e. The van der Waals surface area contributed by atoms with Gasteiger partial charge in [0.25, 0.3) is 0 Å². The van der Waals surface area contributed by atoms with E-state index in [1.807, 2.05) is 29.6 Å². The minimum atomic E-state index is 0.146. The predicted octanol–water partition coefficient (Wildman–Crippen LogP) is 1.74. The van der Waals surface area contributed by atoms with Crippen LogP contribution in [0.1, 0.15) is 31.9 Å². The van der Waals surface area contributed by atoms with Crippen molar-refractivity contribution in [3.63, 3.8) is 0 Å². The summed E-state index contributed by atoms with van der Waals surface area (Å²) in [6.07, 6.45) is 3.57. The Morgan fingerprint density at radius 3 is 2.95 bits per heavy atom. The SMILES string of the molecule is Cc1cccc2nc(N3CCCCC3C(C)N)nn12. The first-order valence-corrected chi connectivity index (χ1v) is 7.01. The van der Waals surface area contributed by atoms with Gasteiger partial charge in [-0.05, 0) is 45.2 Å². The van der Waals surface area contributed by atoms with E-state index in [9.17, 15) is 0 Å². The molecule has 0 aliphatic carbocycles. The van der Waals surface area contributed by atoms with Gasteiger partial charge in [0.2, 0.25) is 5.95 Å². The molecule has 1 aliphatic rings. The maximum Gasteiger partial charge on any atom is 0.245 e. The number of aryl methyl sites for hydroxylation is 1. The standard InChI is InChI=1S/C14H21N5/c1-10-6-5-8-13-16-14(17-19(10)13)18-9-4-3-7-12(18)11(2)15/h5-6,8,11-12H,3-4,7,9,15H2,1-2H3. The third-order valence-electron chi connectivity index (χ3n) is 3.95. The molecule has 2 atom stereocenters. The van der Waals surface area contributed by atoms with Crippen LogP contribution < -0.4 is 10.6 Å². The zero-order chi connectivity index (χ0) is 13.4. The highest BCUT2D eigenvalue weighted by Gasteiger charge is 2.28. The molecule has 0 saturated carbocycles. The Balaban J connectivity index is 2.00. The van der Waals surface area contributed by atoms with E-state index in [4.69, 9.17) is 5.73 Å². The highest BCUT2D eigenvalue weighted by Crippen LogP contribution is 2.24. The molecule has 0 amide bonds. The lowest BCUT2D eigenvalue weighted by atomic mass is 9.97. The van der Waals surface area contributed by atoms with E-state index < -0.39 is 0 Å². The van der Waals surface area contributed by atoms with Gasteiger partial charge in [-0.1, -0.05) is 6.07 Å². The number of fused-ring (bicyclic) bond motifs is 1. The van der Waals surface area contributed by atoms with Crippen LogP contribution >= 0.6 is 0 Å². The van der Waals surface area contributed by atoms with Crippen molar-refractivity contribution >= 4 is 11.6 Å². The van der Waals surface area contributed by atoms with Crippen molar-refractivity contribution in [2.24, 2.45) is 5.73 Å². The van der Waals surface area contributed by atoms with Crippen molar-refractivity contribution in [2.45, 2.75) is 45.2 Å². The molecule has 1 fully saturated rings. The van der Waals surface area contributed by atoms with Crippen LogP contribution in [0.25, 0.3) is 5.65 Å². The number of nitrogens with two attached hydrogens (primary N) is 1. The normalized spacial score (nSPS) is 21.8. The van der Waals surface area contributed by atoms with Gasteiger partial charge in [-0.2, -0.15) is 4.98 Å². The molecule has 2 aromatic heterocycles. The summed E-state index contributed by atoms with van der Waals surface area (Å²) in [6.45, 7) is 5.12. The Kier molecular flexibility index (Phi) is 3.14. The maximum absolute atomic E-state index is 6.11. The van der Waals surface area contributed by atoms with Gasteiger partial charge in [0, 0.05) is 24.3 Å². The van der Waals surface area contributed by atoms with Gasteiger partial charge in [-0.15, -0.1) is 5.10 Å². The number of anilines is 1. The third-order valence-corrected chi connectivity index (χ3v) is 3.95. The molecule has 2 unspecified atom stereocenters. The van der Waals surface area contributed by atoms with Crippen LogP contribution in [-0.2, 0) is 0 Å². The van der Waals surface area contributed by atoms with Crippen molar-refractivity contribution in [1.29, 1.82) is 0 Å². The number of hydrogen-bond acceptors (Lipinski definition) is 4. The molecule has 0 bridgehead atoms. The number of rotatable bonds is 2. The Morgan fingerprint density at radius 2 is 2.21 bits per heavy atom. The van der Waals surface area contributed by atoms with E-state index in [1.165, 1.54) is 12.8 Å². The molecule has 5 nitrogen and oxygen atoms in total. The highest BCUT2D eigenvalue weighted by atomic mass is 15.4. The Bertz CT molecular complexity index is 574. The molecule has 1 aliphatic heterocycles. The van der Waals surface area contributed by atoms with Gasteiger partial charge < -0.3 is 10.6 Å². The molecular weight excluding hydrogens is 238 g/mol. The molecule has 0 aromatic carbocycles. The topological polar surface area (TPSA) is 59.5 Å². The van der Waals surface area contributed by atoms with Crippen molar-refractivity contribution in [3.05, 3.63) is 23.9 Å². The number of nitrogens with zero attached hydrogens (tertiary/aromatic N) is 4. The quantitative estimate of drug-likeness (QED) is 0.892. The van der Waals surface area contributed by atoms with Gasteiger partial charge in [0.15, 0.2) is 5.65 Å². The zero-order valence-corrected chi connectivity index (χ0v) is 11.6. The molecule has 19 heavy (non-hydrogen) atoms. The minimum Gasteiger partial charge on any atom is -0.335 e. The smallest absolute Gasteiger partial charge is 0.245 e. The van der Waals surface area contributed by atoms with Gasteiger partial charge in [0.1, 0.15) is 0 Å². The fraction of sp³-hybridized carbons (Fsp3) is 0.571. The molecule has 1 saturated heterocycles. The van der Waals surface area contributed by atoms with E-state index in [0.29, 0.717) is 6.04 Å². The van der Waals surface area contributed by atoms with Crippen molar-refractivity contribution in [1.82, 2.24) is 14.6 Å². The van der Waals surface area contributed by atoms with Gasteiger partial charge in [-0.3, -0.25) is 0 Å². The first-order chi connectivity index (χ1) is 9.16. The van der Waals surface area contributed by atoms with E-state index >= 15 is 0 Å². The zero-order valence-electron chi connectivity index (χ0n) is 11.6. The van der Waals surface area contributed by atoms with Crippen LogP contribution in [0.5, 0.6) is 0 Å². The molecule has 2 aromatic rings. The summed E-state index contributed by atoms with van der Waals surface area (Å²) in [5.74, 6) is 0.816. The monoisotopic (exact) mass is 259 g/mol. The molecule has 0 spiro atoms. The average Bonchev–Trinajstić information content (AvgIpc) is 2.84. The van der Waals surface area contributed by atoms with Crippen LogP contribution in [0.15, 0.2) is 18.2 Å². The van der Waals surface area contributed by atoms with E-state index in [1.54, 1.807) is 0 Å². The van der Waals surface area contributed by atoms with Crippen LogP contribution in [0.2, 0.25) is 0 Å². The predicted molar refractivity (Wildman–Crippen MR) is 76.4 cm³/mol. The average molecular weight is 259 g/mol.